The lowest BCUT2D eigenvalue weighted by atomic mass is 10.0. The minimum Gasteiger partial charge on any atom is -0.361 e. The Morgan fingerprint density at radius 2 is 1.35 bits per heavy atom. The Kier molecular flexibility index (Phi) is 2.59. The highest BCUT2D eigenvalue weighted by Gasteiger charge is 2.10. The van der Waals surface area contributed by atoms with Gasteiger partial charge in [-0.1, -0.05) is 54.6 Å². The fourth-order valence-electron chi connectivity index (χ4n) is 3.56. The van der Waals surface area contributed by atoms with Crippen LogP contribution in [0, 0.1) is 0 Å². The number of aromatic nitrogens is 2. The second kappa shape index (κ2) is 4.75. The topological polar surface area (TPSA) is 31.6 Å². The molecule has 0 atom stereocenters. The molecule has 0 saturated carbocycles. The van der Waals surface area contributed by atoms with Crippen LogP contribution < -0.4 is 0 Å². The van der Waals surface area contributed by atoms with Crippen molar-refractivity contribution in [2.45, 2.75) is 6.42 Å². The van der Waals surface area contributed by atoms with E-state index in [4.69, 9.17) is 0 Å². The lowest BCUT2D eigenvalue weighted by Gasteiger charge is -2.03. The van der Waals surface area contributed by atoms with Crippen LogP contribution in [0.2, 0.25) is 0 Å². The molecule has 0 radical (unpaired) electrons. The maximum absolute atomic E-state index is 3.60. The van der Waals surface area contributed by atoms with Crippen LogP contribution in [0.4, 0.5) is 0 Å². The number of hydrogen-bond acceptors (Lipinski definition) is 0. The SMILES string of the molecule is c1ccc2c(Cc3cccc4c3[nH]c3ccccc34)c[nH]c2c1. The lowest BCUT2D eigenvalue weighted by molar-refractivity contribution is 1.22. The van der Waals surface area contributed by atoms with Crippen LogP contribution in [-0.4, -0.2) is 9.97 Å². The van der Waals surface area contributed by atoms with Crippen molar-refractivity contribution in [3.63, 3.8) is 0 Å². The Bertz CT molecular complexity index is 1140. The lowest BCUT2D eigenvalue weighted by Crippen LogP contribution is -1.88. The number of para-hydroxylation sites is 3. The molecule has 5 rings (SSSR count). The quantitative estimate of drug-likeness (QED) is 0.437. The van der Waals surface area contributed by atoms with E-state index in [-0.39, 0.29) is 0 Å². The highest BCUT2D eigenvalue weighted by molar-refractivity contribution is 6.08. The second-order valence-corrected chi connectivity index (χ2v) is 6.05. The average Bonchev–Trinajstić information content (AvgIpc) is 3.17. The van der Waals surface area contributed by atoms with E-state index in [9.17, 15) is 0 Å². The number of hydrogen-bond donors (Lipinski definition) is 2. The minimum absolute atomic E-state index is 0.925. The van der Waals surface area contributed by atoms with Crippen LogP contribution in [0.5, 0.6) is 0 Å². The van der Waals surface area contributed by atoms with Gasteiger partial charge in [-0.2, -0.15) is 0 Å². The largest absolute Gasteiger partial charge is 0.361 e. The summed E-state index contributed by atoms with van der Waals surface area (Å²) in [6, 6.07) is 23.6. The van der Waals surface area contributed by atoms with Crippen LogP contribution in [0.1, 0.15) is 11.1 Å². The molecule has 3 aromatic carbocycles. The molecule has 2 N–H and O–H groups in total. The van der Waals surface area contributed by atoms with Gasteiger partial charge >= 0.3 is 0 Å². The molecule has 0 amide bonds. The average molecular weight is 296 g/mol. The molecule has 0 aliphatic carbocycles. The van der Waals surface area contributed by atoms with Crippen molar-refractivity contribution in [2.24, 2.45) is 0 Å². The summed E-state index contributed by atoms with van der Waals surface area (Å²) in [5.74, 6) is 0. The van der Waals surface area contributed by atoms with Crippen LogP contribution in [0.25, 0.3) is 32.7 Å². The summed E-state index contributed by atoms with van der Waals surface area (Å²) < 4.78 is 0. The van der Waals surface area contributed by atoms with Gasteiger partial charge in [0.15, 0.2) is 0 Å². The molecule has 0 fully saturated rings. The van der Waals surface area contributed by atoms with Gasteiger partial charge in [-0.15, -0.1) is 0 Å². The first kappa shape index (κ1) is 12.5. The highest BCUT2D eigenvalue weighted by Crippen LogP contribution is 2.30. The van der Waals surface area contributed by atoms with E-state index in [0.717, 1.165) is 6.42 Å². The maximum atomic E-state index is 3.60. The van der Waals surface area contributed by atoms with Gasteiger partial charge in [0.2, 0.25) is 0 Å². The van der Waals surface area contributed by atoms with Crippen LogP contribution >= 0.6 is 0 Å². The molecule has 110 valence electrons. The summed E-state index contributed by atoms with van der Waals surface area (Å²) in [7, 11) is 0. The summed E-state index contributed by atoms with van der Waals surface area (Å²) in [6.07, 6.45) is 3.06. The zero-order valence-electron chi connectivity index (χ0n) is 12.6. The molecule has 2 heteroatoms. The molecule has 5 aromatic rings. The van der Waals surface area contributed by atoms with Gasteiger partial charge in [0.25, 0.3) is 0 Å². The zero-order valence-corrected chi connectivity index (χ0v) is 12.6. The van der Waals surface area contributed by atoms with E-state index >= 15 is 0 Å². The molecule has 2 nitrogen and oxygen atoms in total. The third-order valence-electron chi connectivity index (χ3n) is 4.68. The highest BCUT2D eigenvalue weighted by atomic mass is 14.7. The van der Waals surface area contributed by atoms with Crippen molar-refractivity contribution >= 4 is 32.7 Å². The summed E-state index contributed by atoms with van der Waals surface area (Å²) in [5.41, 5.74) is 6.33. The van der Waals surface area contributed by atoms with Gasteiger partial charge in [-0.25, -0.2) is 0 Å². The molecule has 2 aromatic heterocycles. The Morgan fingerprint density at radius 3 is 2.26 bits per heavy atom. The van der Waals surface area contributed by atoms with Crippen molar-refractivity contribution in [1.29, 1.82) is 0 Å². The van der Waals surface area contributed by atoms with Gasteiger partial charge in [0, 0.05) is 39.8 Å². The number of aromatic amines is 2. The fourth-order valence-corrected chi connectivity index (χ4v) is 3.56. The molecule has 2 heterocycles. The Morgan fingerprint density at radius 1 is 0.609 bits per heavy atom. The van der Waals surface area contributed by atoms with Crippen molar-refractivity contribution < 1.29 is 0 Å². The number of nitrogens with one attached hydrogen (secondary N) is 2. The molecule has 0 spiro atoms. The number of H-pyrrole nitrogens is 2. The van der Waals surface area contributed by atoms with E-state index in [1.54, 1.807) is 0 Å². The maximum Gasteiger partial charge on any atom is 0.0500 e. The predicted octanol–water partition coefficient (Wildman–Crippen LogP) is 5.39. The monoisotopic (exact) mass is 296 g/mol. The van der Waals surface area contributed by atoms with Crippen LogP contribution in [-0.2, 0) is 6.42 Å². The summed E-state index contributed by atoms with van der Waals surface area (Å²) in [4.78, 5) is 6.97. The molecule has 0 unspecified atom stereocenters. The summed E-state index contributed by atoms with van der Waals surface area (Å²) >= 11 is 0. The molecule has 0 bridgehead atoms. The van der Waals surface area contributed by atoms with E-state index < -0.39 is 0 Å². The van der Waals surface area contributed by atoms with E-state index in [1.165, 1.54) is 43.8 Å². The van der Waals surface area contributed by atoms with E-state index in [1.807, 2.05) is 0 Å². The van der Waals surface area contributed by atoms with Gasteiger partial charge in [-0.3, -0.25) is 0 Å². The molecular weight excluding hydrogens is 280 g/mol. The third kappa shape index (κ3) is 1.88. The molecule has 0 saturated heterocycles. The first-order chi connectivity index (χ1) is 11.4. The minimum atomic E-state index is 0.925. The second-order valence-electron chi connectivity index (χ2n) is 6.05. The van der Waals surface area contributed by atoms with Gasteiger partial charge in [0.05, 0.1) is 5.52 Å². The Labute approximate surface area is 133 Å². The van der Waals surface area contributed by atoms with Crippen molar-refractivity contribution in [1.82, 2.24) is 9.97 Å². The zero-order chi connectivity index (χ0) is 15.2. The number of benzene rings is 3. The van der Waals surface area contributed by atoms with Gasteiger partial charge in [0.1, 0.15) is 0 Å². The summed E-state index contributed by atoms with van der Waals surface area (Å²) in [6.45, 7) is 0. The van der Waals surface area contributed by atoms with Crippen LogP contribution in [0.3, 0.4) is 0 Å². The predicted molar refractivity (Wildman–Crippen MR) is 96.9 cm³/mol. The van der Waals surface area contributed by atoms with Crippen molar-refractivity contribution in [2.75, 3.05) is 0 Å². The number of rotatable bonds is 2. The molecule has 0 aliphatic rings. The van der Waals surface area contributed by atoms with Gasteiger partial charge < -0.3 is 9.97 Å². The van der Waals surface area contributed by atoms with E-state index in [0.29, 0.717) is 0 Å². The standard InChI is InChI=1S/C21H16N2/c1-3-10-19-16(7-1)15(13-22-19)12-14-6-5-9-18-17-8-2-4-11-20(17)23-21(14)18/h1-11,13,22-23H,12H2. The fraction of sp³-hybridized carbons (Fsp3) is 0.0476. The smallest absolute Gasteiger partial charge is 0.0500 e. The molecule has 0 aliphatic heterocycles. The first-order valence-electron chi connectivity index (χ1n) is 7.93. The summed E-state index contributed by atoms with van der Waals surface area (Å²) in [5, 5.41) is 3.90. The number of fused-ring (bicyclic) bond motifs is 4. The van der Waals surface area contributed by atoms with E-state index in [2.05, 4.69) is 82.9 Å². The van der Waals surface area contributed by atoms with Crippen molar-refractivity contribution in [3.05, 3.63) is 84.1 Å². The first-order valence-corrected chi connectivity index (χ1v) is 7.93. The Hall–Kier alpha value is -3.00. The van der Waals surface area contributed by atoms with Gasteiger partial charge in [-0.05, 0) is 23.3 Å². The normalized spacial score (nSPS) is 11.7. The molecule has 23 heavy (non-hydrogen) atoms. The molecular formula is C21H16N2. The van der Waals surface area contributed by atoms with Crippen LogP contribution in [0.15, 0.2) is 72.9 Å². The van der Waals surface area contributed by atoms with Crippen molar-refractivity contribution in [3.8, 4) is 0 Å². The third-order valence-corrected chi connectivity index (χ3v) is 4.68. The Balaban J connectivity index is 1.71.